The van der Waals surface area contributed by atoms with E-state index in [2.05, 4.69) is 0 Å². The van der Waals surface area contributed by atoms with Crippen molar-refractivity contribution >= 4 is 29.3 Å². The van der Waals surface area contributed by atoms with Crippen molar-refractivity contribution in [2.45, 2.75) is 0 Å². The molecule has 0 unspecified atom stereocenters. The maximum atomic E-state index is 11.7. The van der Waals surface area contributed by atoms with Crippen LogP contribution in [0.1, 0.15) is 0 Å². The number of carboxylic acids is 1. The van der Waals surface area contributed by atoms with Gasteiger partial charge in [0.1, 0.15) is 5.75 Å². The van der Waals surface area contributed by atoms with E-state index in [4.69, 9.17) is 5.11 Å². The molecule has 0 atom stereocenters. The van der Waals surface area contributed by atoms with Gasteiger partial charge in [-0.25, -0.2) is 0 Å². The van der Waals surface area contributed by atoms with Gasteiger partial charge in [-0.15, -0.1) is 11.8 Å². The second kappa shape index (κ2) is 6.15. The number of aliphatic carboxylic acids is 1. The van der Waals surface area contributed by atoms with Crippen LogP contribution < -0.4 is 4.90 Å². The van der Waals surface area contributed by atoms with Crippen LogP contribution in [0, 0.1) is 0 Å². The van der Waals surface area contributed by atoms with Crippen molar-refractivity contribution in [2.24, 2.45) is 0 Å². The summed E-state index contributed by atoms with van der Waals surface area (Å²) in [5.74, 6) is -1.07. The van der Waals surface area contributed by atoms with E-state index in [1.54, 1.807) is 19.2 Å². The highest BCUT2D eigenvalue weighted by Crippen LogP contribution is 2.19. The smallest absolute Gasteiger partial charge is 0.313 e. The van der Waals surface area contributed by atoms with E-state index in [0.29, 0.717) is 5.69 Å². The molecule has 0 aliphatic rings. The molecule has 0 aromatic heterocycles. The Hall–Kier alpha value is -1.69. The predicted octanol–water partition coefficient (Wildman–Crippen LogP) is 1.17. The van der Waals surface area contributed by atoms with Crippen molar-refractivity contribution in [1.82, 2.24) is 0 Å². The fraction of sp³-hybridized carbons (Fsp3) is 0.273. The van der Waals surface area contributed by atoms with Gasteiger partial charge < -0.3 is 15.1 Å². The number of anilines is 1. The van der Waals surface area contributed by atoms with Crippen molar-refractivity contribution in [1.29, 1.82) is 0 Å². The quantitative estimate of drug-likeness (QED) is 0.826. The molecule has 0 bridgehead atoms. The number of thioether (sulfide) groups is 1. The summed E-state index contributed by atoms with van der Waals surface area (Å²) in [4.78, 5) is 23.3. The molecule has 5 nitrogen and oxygen atoms in total. The van der Waals surface area contributed by atoms with Crippen LogP contribution in [-0.2, 0) is 9.59 Å². The highest BCUT2D eigenvalue weighted by Gasteiger charge is 2.11. The van der Waals surface area contributed by atoms with Crippen LogP contribution in [0.3, 0.4) is 0 Å². The number of hydrogen-bond donors (Lipinski definition) is 2. The van der Waals surface area contributed by atoms with Crippen LogP contribution in [0.25, 0.3) is 0 Å². The summed E-state index contributed by atoms with van der Waals surface area (Å²) < 4.78 is 0. The lowest BCUT2D eigenvalue weighted by Gasteiger charge is -2.17. The lowest BCUT2D eigenvalue weighted by Crippen LogP contribution is -2.28. The second-order valence-electron chi connectivity index (χ2n) is 3.36. The Morgan fingerprint density at radius 1 is 1.35 bits per heavy atom. The summed E-state index contributed by atoms with van der Waals surface area (Å²) in [6, 6.07) is 6.32. The number of carbonyl (C=O) groups excluding carboxylic acids is 1. The van der Waals surface area contributed by atoms with E-state index in [1.165, 1.54) is 17.0 Å². The lowest BCUT2D eigenvalue weighted by atomic mass is 10.3. The molecule has 6 heteroatoms. The number of benzene rings is 1. The first-order valence-electron chi connectivity index (χ1n) is 4.86. The Morgan fingerprint density at radius 3 is 2.65 bits per heavy atom. The predicted molar refractivity (Wildman–Crippen MR) is 66.5 cm³/mol. The SMILES string of the molecule is CN(C(=O)CSCC(=O)O)c1cccc(O)c1. The van der Waals surface area contributed by atoms with Gasteiger partial charge in [0.15, 0.2) is 0 Å². The molecule has 1 aromatic carbocycles. The number of carbonyl (C=O) groups is 2. The third-order valence-corrected chi connectivity index (χ3v) is 2.94. The normalized spacial score (nSPS) is 9.94. The molecule has 0 aliphatic heterocycles. The minimum atomic E-state index is -0.942. The molecule has 1 amide bonds. The van der Waals surface area contributed by atoms with Crippen molar-refractivity contribution in [3.05, 3.63) is 24.3 Å². The number of nitrogens with zero attached hydrogens (tertiary/aromatic N) is 1. The fourth-order valence-corrected chi connectivity index (χ4v) is 1.81. The van der Waals surface area contributed by atoms with Crippen molar-refractivity contribution in [3.8, 4) is 5.75 Å². The fourth-order valence-electron chi connectivity index (χ4n) is 1.17. The van der Waals surface area contributed by atoms with Gasteiger partial charge in [-0.1, -0.05) is 6.07 Å². The highest BCUT2D eigenvalue weighted by molar-refractivity contribution is 8.00. The molecule has 0 saturated carbocycles. The molecule has 0 fully saturated rings. The number of amides is 1. The van der Waals surface area contributed by atoms with Gasteiger partial charge in [0.25, 0.3) is 0 Å². The van der Waals surface area contributed by atoms with E-state index in [0.717, 1.165) is 11.8 Å². The molecule has 0 radical (unpaired) electrons. The third-order valence-electron chi connectivity index (χ3n) is 2.04. The third kappa shape index (κ3) is 4.36. The van der Waals surface area contributed by atoms with Crippen molar-refractivity contribution < 1.29 is 19.8 Å². The number of phenols is 1. The minimum Gasteiger partial charge on any atom is -0.508 e. The van der Waals surface area contributed by atoms with Crippen LogP contribution >= 0.6 is 11.8 Å². The molecule has 92 valence electrons. The number of rotatable bonds is 5. The van der Waals surface area contributed by atoms with E-state index >= 15 is 0 Å². The van der Waals surface area contributed by atoms with Gasteiger partial charge in [-0.3, -0.25) is 9.59 Å². The zero-order valence-corrected chi connectivity index (χ0v) is 10.1. The van der Waals surface area contributed by atoms with E-state index in [9.17, 15) is 14.7 Å². The average Bonchev–Trinajstić information content (AvgIpc) is 2.27. The van der Waals surface area contributed by atoms with Gasteiger partial charge >= 0.3 is 5.97 Å². The molecule has 0 aliphatic carbocycles. The molecule has 17 heavy (non-hydrogen) atoms. The van der Waals surface area contributed by atoms with Gasteiger partial charge in [-0.05, 0) is 12.1 Å². The molecule has 1 aromatic rings. The Labute approximate surface area is 103 Å². The largest absolute Gasteiger partial charge is 0.508 e. The summed E-state index contributed by atoms with van der Waals surface area (Å²) in [5.41, 5.74) is 0.575. The van der Waals surface area contributed by atoms with Crippen LogP contribution in [0.4, 0.5) is 5.69 Å². The Morgan fingerprint density at radius 2 is 2.06 bits per heavy atom. The average molecular weight is 255 g/mol. The maximum absolute atomic E-state index is 11.7. The summed E-state index contributed by atoms with van der Waals surface area (Å²) in [7, 11) is 1.58. The summed E-state index contributed by atoms with van der Waals surface area (Å²) in [5, 5.41) is 17.7. The molecular formula is C11H13NO4S. The van der Waals surface area contributed by atoms with Crippen molar-refractivity contribution in [2.75, 3.05) is 23.5 Å². The summed E-state index contributed by atoms with van der Waals surface area (Å²) in [6.45, 7) is 0. The van der Waals surface area contributed by atoms with Crippen LogP contribution in [0.2, 0.25) is 0 Å². The molecule has 0 saturated heterocycles. The Bertz CT molecular complexity index is 422. The molecule has 1 rings (SSSR count). The van der Waals surface area contributed by atoms with E-state index in [1.807, 2.05) is 0 Å². The topological polar surface area (TPSA) is 77.8 Å². The molecule has 0 heterocycles. The zero-order valence-electron chi connectivity index (χ0n) is 9.29. The first-order chi connectivity index (χ1) is 8.00. The van der Waals surface area contributed by atoms with Crippen LogP contribution in [0.15, 0.2) is 24.3 Å². The first-order valence-corrected chi connectivity index (χ1v) is 6.01. The summed E-state index contributed by atoms with van der Waals surface area (Å²) >= 11 is 1.04. The number of hydrogen-bond acceptors (Lipinski definition) is 4. The number of carboxylic acid groups (broad SMARTS) is 1. The monoisotopic (exact) mass is 255 g/mol. The molecule has 0 spiro atoms. The molecular weight excluding hydrogens is 242 g/mol. The van der Waals surface area contributed by atoms with Gasteiger partial charge in [0.05, 0.1) is 11.5 Å². The second-order valence-corrected chi connectivity index (χ2v) is 4.34. The number of aromatic hydroxyl groups is 1. The van der Waals surface area contributed by atoms with Gasteiger partial charge in [0.2, 0.25) is 5.91 Å². The number of phenolic OH excluding ortho intramolecular Hbond substituents is 1. The lowest BCUT2D eigenvalue weighted by molar-refractivity contribution is -0.133. The zero-order chi connectivity index (χ0) is 12.8. The highest BCUT2D eigenvalue weighted by atomic mass is 32.2. The first kappa shape index (κ1) is 13.4. The van der Waals surface area contributed by atoms with Crippen LogP contribution in [-0.4, -0.2) is 40.6 Å². The van der Waals surface area contributed by atoms with E-state index < -0.39 is 5.97 Å². The van der Waals surface area contributed by atoms with Crippen LogP contribution in [0.5, 0.6) is 5.75 Å². The van der Waals surface area contributed by atoms with Crippen molar-refractivity contribution in [3.63, 3.8) is 0 Å². The minimum absolute atomic E-state index is 0.0836. The standard InChI is InChI=1S/C11H13NO4S/c1-12(8-3-2-4-9(13)5-8)10(14)6-17-7-11(15)16/h2-5,13H,6-7H2,1H3,(H,15,16). The Balaban J connectivity index is 2.54. The van der Waals surface area contributed by atoms with Gasteiger partial charge in [0, 0.05) is 18.8 Å². The van der Waals surface area contributed by atoms with Gasteiger partial charge in [-0.2, -0.15) is 0 Å². The molecule has 2 N–H and O–H groups in total. The maximum Gasteiger partial charge on any atom is 0.313 e. The summed E-state index contributed by atoms with van der Waals surface area (Å²) in [6.07, 6.45) is 0. The Kier molecular flexibility index (Phi) is 4.84. The van der Waals surface area contributed by atoms with E-state index in [-0.39, 0.29) is 23.2 Å².